The van der Waals surface area contributed by atoms with Crippen LogP contribution in [0.15, 0.2) is 39.6 Å². The van der Waals surface area contributed by atoms with Crippen molar-refractivity contribution in [1.29, 1.82) is 0 Å². The lowest BCUT2D eigenvalue weighted by molar-refractivity contribution is 0.122. The van der Waals surface area contributed by atoms with Crippen LogP contribution in [0.1, 0.15) is 32.1 Å². The topological polar surface area (TPSA) is 105 Å². The number of aromatic nitrogens is 1. The summed E-state index contributed by atoms with van der Waals surface area (Å²) in [6.07, 6.45) is 5.31. The number of anilines is 2. The fourth-order valence-corrected chi connectivity index (χ4v) is 5.46. The van der Waals surface area contributed by atoms with Crippen LogP contribution in [0.4, 0.5) is 10.8 Å². The molecule has 8 nitrogen and oxygen atoms in total. The van der Waals surface area contributed by atoms with Gasteiger partial charge in [0.05, 0.1) is 18.9 Å². The molecule has 0 atom stereocenters. The van der Waals surface area contributed by atoms with E-state index < -0.39 is 5.66 Å². The predicted molar refractivity (Wildman–Crippen MR) is 122 cm³/mol. The SMILES string of the molecule is NC1=NC2(CCCCC2)N(c2ccc(-c3csc(N4CCOCC4)n3)cc2)C(N)=N1. The molecule has 1 aliphatic carbocycles. The highest BCUT2D eigenvalue weighted by molar-refractivity contribution is 7.14. The van der Waals surface area contributed by atoms with Gasteiger partial charge in [0.2, 0.25) is 11.9 Å². The van der Waals surface area contributed by atoms with Gasteiger partial charge in [-0.3, -0.25) is 4.90 Å². The van der Waals surface area contributed by atoms with Gasteiger partial charge in [-0.15, -0.1) is 11.3 Å². The second kappa shape index (κ2) is 7.88. The van der Waals surface area contributed by atoms with E-state index in [0.717, 1.165) is 74.1 Å². The number of ether oxygens (including phenoxy) is 1. The van der Waals surface area contributed by atoms with Gasteiger partial charge in [-0.25, -0.2) is 9.98 Å². The van der Waals surface area contributed by atoms with Crippen LogP contribution < -0.4 is 21.3 Å². The summed E-state index contributed by atoms with van der Waals surface area (Å²) in [6, 6.07) is 8.36. The lowest BCUT2D eigenvalue weighted by Gasteiger charge is -2.45. The summed E-state index contributed by atoms with van der Waals surface area (Å²) in [5, 5.41) is 3.17. The number of guanidine groups is 2. The van der Waals surface area contributed by atoms with E-state index in [2.05, 4.69) is 44.4 Å². The molecule has 158 valence electrons. The number of nitrogens with zero attached hydrogens (tertiary/aromatic N) is 5. The summed E-state index contributed by atoms with van der Waals surface area (Å²) < 4.78 is 5.44. The Balaban J connectivity index is 1.40. The average molecular weight is 426 g/mol. The molecule has 1 saturated carbocycles. The van der Waals surface area contributed by atoms with E-state index in [1.54, 1.807) is 11.3 Å². The highest BCUT2D eigenvalue weighted by atomic mass is 32.1. The minimum absolute atomic E-state index is 0.278. The van der Waals surface area contributed by atoms with Crippen molar-refractivity contribution in [3.63, 3.8) is 0 Å². The number of nitrogens with two attached hydrogens (primary N) is 2. The van der Waals surface area contributed by atoms with E-state index >= 15 is 0 Å². The summed E-state index contributed by atoms with van der Waals surface area (Å²) in [5.74, 6) is 0.695. The standard InChI is InChI=1S/C21H27N7OS/c22-18-25-19(23)28(21(26-18)8-2-1-3-9-21)16-6-4-15(5-7-16)17-14-30-20(24-17)27-10-12-29-13-11-27/h4-7,14H,1-3,8-13H2,(H4,22,23,25,26). The zero-order chi connectivity index (χ0) is 20.6. The molecule has 2 fully saturated rings. The van der Waals surface area contributed by atoms with E-state index in [-0.39, 0.29) is 5.96 Å². The molecule has 0 bridgehead atoms. The van der Waals surface area contributed by atoms with Crippen LogP contribution in [-0.2, 0) is 4.74 Å². The molecule has 1 aromatic heterocycles. The van der Waals surface area contributed by atoms with Crippen LogP contribution >= 0.6 is 11.3 Å². The summed E-state index contributed by atoms with van der Waals surface area (Å²) in [6.45, 7) is 3.31. The van der Waals surface area contributed by atoms with Crippen molar-refractivity contribution in [2.75, 3.05) is 36.1 Å². The van der Waals surface area contributed by atoms with Crippen LogP contribution in [0.3, 0.4) is 0 Å². The number of rotatable bonds is 3. The molecule has 1 aromatic carbocycles. The van der Waals surface area contributed by atoms with Crippen LogP contribution in [0, 0.1) is 0 Å². The first-order chi connectivity index (χ1) is 14.6. The van der Waals surface area contributed by atoms with Crippen molar-refractivity contribution in [3.05, 3.63) is 29.6 Å². The van der Waals surface area contributed by atoms with Crippen LogP contribution in [-0.4, -0.2) is 48.9 Å². The Labute approximate surface area is 180 Å². The molecule has 1 spiro atoms. The first-order valence-corrected chi connectivity index (χ1v) is 11.4. The fraction of sp³-hybridized carbons (Fsp3) is 0.476. The van der Waals surface area contributed by atoms with Crippen molar-refractivity contribution < 1.29 is 4.74 Å². The Morgan fingerprint density at radius 2 is 1.73 bits per heavy atom. The molecule has 0 unspecified atom stereocenters. The van der Waals surface area contributed by atoms with E-state index in [9.17, 15) is 0 Å². The van der Waals surface area contributed by atoms with Crippen LogP contribution in [0.25, 0.3) is 11.3 Å². The lowest BCUT2D eigenvalue weighted by Crippen LogP contribution is -2.58. The first kappa shape index (κ1) is 19.3. The van der Waals surface area contributed by atoms with Gasteiger partial charge in [0.15, 0.2) is 5.13 Å². The fourth-order valence-electron chi connectivity index (χ4n) is 4.57. The first-order valence-electron chi connectivity index (χ1n) is 10.5. The highest BCUT2D eigenvalue weighted by Gasteiger charge is 2.42. The quantitative estimate of drug-likeness (QED) is 0.783. The van der Waals surface area contributed by atoms with E-state index in [0.29, 0.717) is 5.96 Å². The number of hydrogen-bond donors (Lipinski definition) is 2. The van der Waals surface area contributed by atoms with Gasteiger partial charge in [-0.05, 0) is 37.8 Å². The molecule has 30 heavy (non-hydrogen) atoms. The molecule has 1 saturated heterocycles. The Bertz CT molecular complexity index is 956. The summed E-state index contributed by atoms with van der Waals surface area (Å²) in [5.41, 5.74) is 14.9. The van der Waals surface area contributed by atoms with Gasteiger partial charge in [0, 0.05) is 29.7 Å². The maximum Gasteiger partial charge on any atom is 0.220 e. The molecule has 9 heteroatoms. The van der Waals surface area contributed by atoms with Gasteiger partial charge < -0.3 is 21.1 Å². The Hall–Kier alpha value is -2.65. The molecule has 5 rings (SSSR count). The smallest absolute Gasteiger partial charge is 0.220 e. The van der Waals surface area contributed by atoms with Gasteiger partial charge in [0.25, 0.3) is 0 Å². The Morgan fingerprint density at radius 1 is 1.00 bits per heavy atom. The third kappa shape index (κ3) is 3.52. The molecule has 0 amide bonds. The van der Waals surface area contributed by atoms with Gasteiger partial charge in [-0.2, -0.15) is 4.99 Å². The molecule has 3 aliphatic rings. The number of aliphatic imine (C=N–C) groups is 2. The van der Waals surface area contributed by atoms with Crippen molar-refractivity contribution in [1.82, 2.24) is 4.98 Å². The largest absolute Gasteiger partial charge is 0.378 e. The number of benzene rings is 1. The van der Waals surface area contributed by atoms with Crippen molar-refractivity contribution >= 4 is 34.1 Å². The molecule has 2 aliphatic heterocycles. The summed E-state index contributed by atoms with van der Waals surface area (Å²) in [7, 11) is 0. The number of hydrogen-bond acceptors (Lipinski definition) is 9. The third-order valence-corrected chi connectivity index (χ3v) is 6.95. The van der Waals surface area contributed by atoms with Gasteiger partial charge >= 0.3 is 0 Å². The molecule has 0 radical (unpaired) electrons. The molecule has 2 aromatic rings. The molecular formula is C21H27N7OS. The summed E-state index contributed by atoms with van der Waals surface area (Å²) in [4.78, 5) is 18.2. The van der Waals surface area contributed by atoms with Crippen LogP contribution in [0.5, 0.6) is 0 Å². The van der Waals surface area contributed by atoms with Gasteiger partial charge in [0.1, 0.15) is 5.66 Å². The van der Waals surface area contributed by atoms with Crippen molar-refractivity contribution in [3.8, 4) is 11.3 Å². The zero-order valence-corrected chi connectivity index (χ0v) is 17.8. The summed E-state index contributed by atoms with van der Waals surface area (Å²) >= 11 is 1.68. The maximum atomic E-state index is 6.33. The predicted octanol–water partition coefficient (Wildman–Crippen LogP) is 2.76. The van der Waals surface area contributed by atoms with Crippen molar-refractivity contribution in [2.45, 2.75) is 37.8 Å². The Kier molecular flexibility index (Phi) is 5.08. The average Bonchev–Trinajstić information content (AvgIpc) is 3.25. The second-order valence-corrected chi connectivity index (χ2v) is 8.82. The number of morpholine rings is 1. The van der Waals surface area contributed by atoms with Crippen molar-refractivity contribution in [2.24, 2.45) is 21.5 Å². The van der Waals surface area contributed by atoms with E-state index in [4.69, 9.17) is 26.2 Å². The maximum absolute atomic E-state index is 6.33. The van der Waals surface area contributed by atoms with E-state index in [1.807, 2.05) is 0 Å². The van der Waals surface area contributed by atoms with Crippen LogP contribution in [0.2, 0.25) is 0 Å². The monoisotopic (exact) mass is 425 g/mol. The lowest BCUT2D eigenvalue weighted by atomic mass is 9.87. The van der Waals surface area contributed by atoms with E-state index in [1.165, 1.54) is 6.42 Å². The van der Waals surface area contributed by atoms with Gasteiger partial charge in [-0.1, -0.05) is 18.6 Å². The highest BCUT2D eigenvalue weighted by Crippen LogP contribution is 2.40. The third-order valence-electron chi connectivity index (χ3n) is 6.05. The minimum Gasteiger partial charge on any atom is -0.378 e. The minimum atomic E-state index is -0.417. The molecule has 3 heterocycles. The Morgan fingerprint density at radius 3 is 2.47 bits per heavy atom. The molecule has 4 N–H and O–H groups in total. The normalized spacial score (nSPS) is 21.5. The number of thiazole rings is 1. The zero-order valence-electron chi connectivity index (χ0n) is 17.0. The molecular weight excluding hydrogens is 398 g/mol. The second-order valence-electron chi connectivity index (χ2n) is 7.98.